The zero-order chi connectivity index (χ0) is 16.6. The Labute approximate surface area is 132 Å². The van der Waals surface area contributed by atoms with E-state index in [4.69, 9.17) is 4.52 Å². The first-order valence-corrected chi connectivity index (χ1v) is 8.53. The number of aromatic nitrogens is 1. The average molecular weight is 337 g/mol. The van der Waals surface area contributed by atoms with E-state index in [1.807, 2.05) is 0 Å². The standard InChI is InChI=1S/C14H15N3O5S/c1-10-8-14(22-15-10)13-6-3-7-16(13)23(20,21)12-5-2-4-11(9-12)17(18)19/h2,4-5,8-9,13H,3,6-7H2,1H3/t13-/m1/s1. The molecular weight excluding hydrogens is 322 g/mol. The van der Waals surface area contributed by atoms with Crippen LogP contribution in [0.15, 0.2) is 39.8 Å². The zero-order valence-corrected chi connectivity index (χ0v) is 13.2. The molecule has 122 valence electrons. The normalized spacial score (nSPS) is 19.1. The van der Waals surface area contributed by atoms with Crippen molar-refractivity contribution in [1.29, 1.82) is 0 Å². The molecule has 1 saturated heterocycles. The van der Waals surface area contributed by atoms with Crippen molar-refractivity contribution >= 4 is 15.7 Å². The Morgan fingerprint density at radius 2 is 2.17 bits per heavy atom. The van der Waals surface area contributed by atoms with Crippen LogP contribution in [-0.4, -0.2) is 29.3 Å². The molecule has 1 aliphatic rings. The Balaban J connectivity index is 1.98. The average Bonchev–Trinajstić information content (AvgIpc) is 3.16. The molecule has 1 aliphatic heterocycles. The highest BCUT2D eigenvalue weighted by Crippen LogP contribution is 2.37. The van der Waals surface area contributed by atoms with Crippen LogP contribution in [0.3, 0.4) is 0 Å². The first kappa shape index (κ1) is 15.6. The van der Waals surface area contributed by atoms with E-state index in [2.05, 4.69) is 5.16 Å². The third-order valence-corrected chi connectivity index (χ3v) is 5.72. The van der Waals surface area contributed by atoms with Gasteiger partial charge in [-0.05, 0) is 25.8 Å². The number of rotatable bonds is 4. The minimum absolute atomic E-state index is 0.0881. The van der Waals surface area contributed by atoms with E-state index < -0.39 is 21.0 Å². The summed E-state index contributed by atoms with van der Waals surface area (Å²) >= 11 is 0. The highest BCUT2D eigenvalue weighted by Gasteiger charge is 2.38. The predicted molar refractivity (Wildman–Crippen MR) is 80.2 cm³/mol. The topological polar surface area (TPSA) is 107 Å². The van der Waals surface area contributed by atoms with Crippen molar-refractivity contribution in [3.8, 4) is 0 Å². The number of hydrogen-bond acceptors (Lipinski definition) is 6. The molecule has 1 fully saturated rings. The molecular formula is C14H15N3O5S. The smallest absolute Gasteiger partial charge is 0.270 e. The van der Waals surface area contributed by atoms with Gasteiger partial charge in [0.2, 0.25) is 10.0 Å². The molecule has 1 aromatic carbocycles. The predicted octanol–water partition coefficient (Wildman–Crippen LogP) is 2.42. The van der Waals surface area contributed by atoms with E-state index in [-0.39, 0.29) is 10.6 Å². The fourth-order valence-corrected chi connectivity index (χ4v) is 4.45. The van der Waals surface area contributed by atoms with Gasteiger partial charge in [0.15, 0.2) is 5.76 Å². The molecule has 1 atom stereocenters. The number of sulfonamides is 1. The number of hydrogen-bond donors (Lipinski definition) is 0. The Kier molecular flexibility index (Phi) is 3.90. The van der Waals surface area contributed by atoms with Crippen LogP contribution in [0, 0.1) is 17.0 Å². The van der Waals surface area contributed by atoms with Gasteiger partial charge in [0.25, 0.3) is 5.69 Å². The lowest BCUT2D eigenvalue weighted by molar-refractivity contribution is -0.385. The molecule has 0 saturated carbocycles. The molecule has 2 heterocycles. The molecule has 0 amide bonds. The lowest BCUT2D eigenvalue weighted by atomic mass is 10.2. The first-order chi connectivity index (χ1) is 10.9. The molecule has 0 unspecified atom stereocenters. The quantitative estimate of drug-likeness (QED) is 0.626. The molecule has 1 aromatic heterocycles. The monoisotopic (exact) mass is 337 g/mol. The lowest BCUT2D eigenvalue weighted by Gasteiger charge is -2.22. The summed E-state index contributed by atoms with van der Waals surface area (Å²) in [4.78, 5) is 10.2. The number of nitrogens with zero attached hydrogens (tertiary/aromatic N) is 3. The molecule has 0 N–H and O–H groups in total. The number of aryl methyl sites for hydroxylation is 1. The van der Waals surface area contributed by atoms with Crippen LogP contribution in [0.5, 0.6) is 0 Å². The lowest BCUT2D eigenvalue weighted by Crippen LogP contribution is -2.30. The number of benzene rings is 1. The first-order valence-electron chi connectivity index (χ1n) is 7.09. The molecule has 0 aliphatic carbocycles. The highest BCUT2D eigenvalue weighted by molar-refractivity contribution is 7.89. The molecule has 23 heavy (non-hydrogen) atoms. The van der Waals surface area contributed by atoms with Crippen molar-refractivity contribution in [3.63, 3.8) is 0 Å². The van der Waals surface area contributed by atoms with Crippen LogP contribution in [0.4, 0.5) is 5.69 Å². The van der Waals surface area contributed by atoms with Gasteiger partial charge in [-0.15, -0.1) is 0 Å². The van der Waals surface area contributed by atoms with Gasteiger partial charge in [0, 0.05) is 24.7 Å². The summed E-state index contributed by atoms with van der Waals surface area (Å²) in [7, 11) is -3.84. The summed E-state index contributed by atoms with van der Waals surface area (Å²) in [5, 5.41) is 14.7. The van der Waals surface area contributed by atoms with E-state index in [9.17, 15) is 18.5 Å². The molecule has 0 spiro atoms. The summed E-state index contributed by atoms with van der Waals surface area (Å²) in [6.45, 7) is 2.11. The van der Waals surface area contributed by atoms with E-state index in [0.29, 0.717) is 30.8 Å². The number of nitro groups is 1. The van der Waals surface area contributed by atoms with Crippen LogP contribution in [0.2, 0.25) is 0 Å². The highest BCUT2D eigenvalue weighted by atomic mass is 32.2. The molecule has 8 nitrogen and oxygen atoms in total. The maximum atomic E-state index is 12.8. The molecule has 9 heteroatoms. The Morgan fingerprint density at radius 1 is 1.39 bits per heavy atom. The van der Waals surface area contributed by atoms with Crippen molar-refractivity contribution in [2.75, 3.05) is 6.54 Å². The van der Waals surface area contributed by atoms with Gasteiger partial charge >= 0.3 is 0 Å². The van der Waals surface area contributed by atoms with Crippen LogP contribution >= 0.6 is 0 Å². The zero-order valence-electron chi connectivity index (χ0n) is 12.4. The van der Waals surface area contributed by atoms with E-state index >= 15 is 0 Å². The fourth-order valence-electron chi connectivity index (χ4n) is 2.75. The van der Waals surface area contributed by atoms with Crippen molar-refractivity contribution in [2.24, 2.45) is 0 Å². The largest absolute Gasteiger partial charge is 0.359 e. The maximum Gasteiger partial charge on any atom is 0.270 e. The summed E-state index contributed by atoms with van der Waals surface area (Å²) in [5.74, 6) is 0.494. The molecule has 2 aromatic rings. The second-order valence-corrected chi connectivity index (χ2v) is 7.29. The second-order valence-electron chi connectivity index (χ2n) is 5.40. The third-order valence-electron chi connectivity index (χ3n) is 3.81. The molecule has 3 rings (SSSR count). The SMILES string of the molecule is Cc1cc([C@H]2CCCN2S(=O)(=O)c2cccc([N+](=O)[O-])c2)on1. The van der Waals surface area contributed by atoms with Gasteiger partial charge in [0.1, 0.15) is 0 Å². The van der Waals surface area contributed by atoms with Crippen molar-refractivity contribution in [1.82, 2.24) is 9.46 Å². The Bertz CT molecular complexity index is 846. The summed E-state index contributed by atoms with van der Waals surface area (Å²) < 4.78 is 32.2. The van der Waals surface area contributed by atoms with Gasteiger partial charge in [-0.1, -0.05) is 11.2 Å². The fraction of sp³-hybridized carbons (Fsp3) is 0.357. The molecule has 0 bridgehead atoms. The van der Waals surface area contributed by atoms with Crippen LogP contribution in [0.1, 0.15) is 30.3 Å². The van der Waals surface area contributed by atoms with E-state index in [1.165, 1.54) is 22.5 Å². The van der Waals surface area contributed by atoms with Crippen molar-refractivity contribution in [3.05, 3.63) is 51.9 Å². The van der Waals surface area contributed by atoms with Crippen molar-refractivity contribution in [2.45, 2.75) is 30.7 Å². The van der Waals surface area contributed by atoms with Crippen LogP contribution < -0.4 is 0 Å². The maximum absolute atomic E-state index is 12.8. The number of non-ortho nitro benzene ring substituents is 1. The number of nitro benzene ring substituents is 1. The summed E-state index contributed by atoms with van der Waals surface area (Å²) in [5.41, 5.74) is 0.428. The minimum atomic E-state index is -3.84. The van der Waals surface area contributed by atoms with E-state index in [1.54, 1.807) is 13.0 Å². The van der Waals surface area contributed by atoms with Gasteiger partial charge < -0.3 is 4.52 Å². The third kappa shape index (κ3) is 2.84. The summed E-state index contributed by atoms with van der Waals surface area (Å²) in [6.07, 6.45) is 1.32. The van der Waals surface area contributed by atoms with Crippen LogP contribution in [-0.2, 0) is 10.0 Å². The molecule has 0 radical (unpaired) electrons. The summed E-state index contributed by atoms with van der Waals surface area (Å²) in [6, 6.07) is 6.36. The minimum Gasteiger partial charge on any atom is -0.359 e. The van der Waals surface area contributed by atoms with Crippen molar-refractivity contribution < 1.29 is 17.9 Å². The second kappa shape index (κ2) is 5.74. The van der Waals surface area contributed by atoms with Crippen LogP contribution in [0.25, 0.3) is 0 Å². The van der Waals surface area contributed by atoms with Gasteiger partial charge in [-0.3, -0.25) is 10.1 Å². The Hall–Kier alpha value is -2.26. The van der Waals surface area contributed by atoms with Gasteiger partial charge in [-0.25, -0.2) is 8.42 Å². The van der Waals surface area contributed by atoms with Gasteiger partial charge in [0.05, 0.1) is 21.6 Å². The Morgan fingerprint density at radius 3 is 2.83 bits per heavy atom. The van der Waals surface area contributed by atoms with Gasteiger partial charge in [-0.2, -0.15) is 4.31 Å². The van der Waals surface area contributed by atoms with E-state index in [0.717, 1.165) is 6.07 Å².